The third kappa shape index (κ3) is 2.17. The van der Waals surface area contributed by atoms with Crippen molar-refractivity contribution in [1.82, 2.24) is 5.32 Å². The molecule has 1 N–H and O–H groups in total. The Bertz CT molecular complexity index is 269. The van der Waals surface area contributed by atoms with Crippen molar-refractivity contribution in [2.45, 2.75) is 50.3 Å². The van der Waals surface area contributed by atoms with E-state index in [1.165, 1.54) is 37.3 Å². The first-order chi connectivity index (χ1) is 7.33. The summed E-state index contributed by atoms with van der Waals surface area (Å²) in [7, 11) is 0. The van der Waals surface area contributed by atoms with Crippen LogP contribution < -0.4 is 5.32 Å². The quantitative estimate of drug-likeness (QED) is 0.797. The molecule has 3 heteroatoms. The highest BCUT2D eigenvalue weighted by atomic mass is 32.2. The molecule has 3 rings (SSSR count). The number of aliphatic imine (C=N–C) groups is 1. The van der Waals surface area contributed by atoms with Gasteiger partial charge in [-0.25, -0.2) is 0 Å². The Kier molecular flexibility index (Phi) is 2.67. The molecule has 1 heterocycles. The maximum atomic E-state index is 4.63. The summed E-state index contributed by atoms with van der Waals surface area (Å²) >= 11 is 2.00. The number of hydrogen-bond acceptors (Lipinski definition) is 3. The lowest BCUT2D eigenvalue weighted by molar-refractivity contribution is 0.259. The minimum absolute atomic E-state index is 0.642. The summed E-state index contributed by atoms with van der Waals surface area (Å²) in [5.41, 5.74) is 0. The molecule has 0 amide bonds. The molecule has 0 spiro atoms. The largest absolute Gasteiger partial charge is 0.362 e. The lowest BCUT2D eigenvalue weighted by atomic mass is 9.80. The topological polar surface area (TPSA) is 24.4 Å². The third-order valence-electron chi connectivity index (χ3n) is 4.03. The molecule has 0 aromatic rings. The number of thioether (sulfide) groups is 1. The minimum Gasteiger partial charge on any atom is -0.362 e. The fourth-order valence-corrected chi connectivity index (χ4v) is 3.74. The van der Waals surface area contributed by atoms with Crippen molar-refractivity contribution in [2.75, 3.05) is 6.54 Å². The van der Waals surface area contributed by atoms with Gasteiger partial charge < -0.3 is 5.32 Å². The summed E-state index contributed by atoms with van der Waals surface area (Å²) in [5, 5.41) is 5.64. The second-order valence-electron chi connectivity index (χ2n) is 5.26. The smallest absolute Gasteiger partial charge is 0.157 e. The molecule has 0 bridgehead atoms. The van der Waals surface area contributed by atoms with Gasteiger partial charge in [0.05, 0.1) is 6.54 Å². The zero-order chi connectivity index (χ0) is 10.3. The van der Waals surface area contributed by atoms with E-state index in [0.717, 1.165) is 23.6 Å². The Morgan fingerprint density at radius 2 is 2.13 bits per heavy atom. The molecular formula is C12H20N2S. The lowest BCUT2D eigenvalue weighted by Gasteiger charge is -2.32. The van der Waals surface area contributed by atoms with Crippen LogP contribution >= 0.6 is 11.8 Å². The first-order valence-electron chi connectivity index (χ1n) is 6.30. The van der Waals surface area contributed by atoms with Crippen LogP contribution in [0, 0.1) is 11.8 Å². The summed E-state index contributed by atoms with van der Waals surface area (Å²) in [4.78, 5) is 4.63. The van der Waals surface area contributed by atoms with E-state index >= 15 is 0 Å². The molecule has 0 saturated heterocycles. The Morgan fingerprint density at radius 3 is 2.73 bits per heavy atom. The van der Waals surface area contributed by atoms with Gasteiger partial charge in [-0.3, -0.25) is 4.99 Å². The maximum absolute atomic E-state index is 4.63. The molecule has 0 aromatic carbocycles. The average Bonchev–Trinajstić information content (AvgIpc) is 2.86. The standard InChI is InChI=1S/C12H20N2S/c1-8(9-3-2-4-9)14-12-13-7-11(15-12)10-5-6-10/h8-11H,2-7H2,1H3,(H,13,14). The third-order valence-corrected chi connectivity index (χ3v) is 5.34. The molecule has 2 atom stereocenters. The highest BCUT2D eigenvalue weighted by molar-refractivity contribution is 8.14. The molecule has 0 radical (unpaired) electrons. The second-order valence-corrected chi connectivity index (χ2v) is 6.49. The van der Waals surface area contributed by atoms with Gasteiger partial charge in [-0.2, -0.15) is 0 Å². The van der Waals surface area contributed by atoms with E-state index < -0.39 is 0 Å². The number of amidine groups is 1. The maximum Gasteiger partial charge on any atom is 0.157 e. The second kappa shape index (κ2) is 4.00. The van der Waals surface area contributed by atoms with Crippen LogP contribution in [0.4, 0.5) is 0 Å². The van der Waals surface area contributed by atoms with Crippen molar-refractivity contribution < 1.29 is 0 Å². The Labute approximate surface area is 96.3 Å². The fraction of sp³-hybridized carbons (Fsp3) is 0.917. The van der Waals surface area contributed by atoms with Crippen molar-refractivity contribution in [3.63, 3.8) is 0 Å². The summed E-state index contributed by atoms with van der Waals surface area (Å²) < 4.78 is 0. The predicted octanol–water partition coefficient (Wildman–Crippen LogP) is 2.65. The number of hydrogen-bond donors (Lipinski definition) is 1. The number of rotatable bonds is 3. The van der Waals surface area contributed by atoms with Gasteiger partial charge in [-0.1, -0.05) is 18.2 Å². The van der Waals surface area contributed by atoms with E-state index in [9.17, 15) is 0 Å². The molecule has 15 heavy (non-hydrogen) atoms. The van der Waals surface area contributed by atoms with Gasteiger partial charge >= 0.3 is 0 Å². The lowest BCUT2D eigenvalue weighted by Crippen LogP contribution is -2.39. The molecule has 2 nitrogen and oxygen atoms in total. The SMILES string of the molecule is CC(NC1=NCC(C2CC2)S1)C1CCC1. The number of nitrogens with one attached hydrogen (secondary N) is 1. The van der Waals surface area contributed by atoms with Crippen LogP contribution in [0.3, 0.4) is 0 Å². The Morgan fingerprint density at radius 1 is 1.33 bits per heavy atom. The van der Waals surface area contributed by atoms with Crippen molar-refractivity contribution in [1.29, 1.82) is 0 Å². The van der Waals surface area contributed by atoms with Gasteiger partial charge in [-0.15, -0.1) is 0 Å². The summed E-state index contributed by atoms with van der Waals surface area (Å²) in [6, 6.07) is 0.642. The first-order valence-corrected chi connectivity index (χ1v) is 7.18. The van der Waals surface area contributed by atoms with Gasteiger partial charge in [0.2, 0.25) is 0 Å². The number of nitrogens with zero attached hydrogens (tertiary/aromatic N) is 1. The highest BCUT2D eigenvalue weighted by Crippen LogP contribution is 2.41. The fourth-order valence-electron chi connectivity index (χ4n) is 2.44. The van der Waals surface area contributed by atoms with Crippen LogP contribution in [0.1, 0.15) is 39.0 Å². The minimum atomic E-state index is 0.642. The normalized spacial score (nSPS) is 33.4. The van der Waals surface area contributed by atoms with E-state index in [1.807, 2.05) is 11.8 Å². The molecule has 3 aliphatic rings. The van der Waals surface area contributed by atoms with Gasteiger partial charge in [-0.05, 0) is 44.4 Å². The van der Waals surface area contributed by atoms with Gasteiger partial charge in [0.15, 0.2) is 5.17 Å². The van der Waals surface area contributed by atoms with E-state index in [0.29, 0.717) is 6.04 Å². The molecule has 2 unspecified atom stereocenters. The monoisotopic (exact) mass is 224 g/mol. The molecular weight excluding hydrogens is 204 g/mol. The van der Waals surface area contributed by atoms with E-state index in [2.05, 4.69) is 17.2 Å². The van der Waals surface area contributed by atoms with Crippen LogP contribution in [0.5, 0.6) is 0 Å². The summed E-state index contributed by atoms with van der Waals surface area (Å²) in [6.07, 6.45) is 7.15. The molecule has 0 aromatic heterocycles. The van der Waals surface area contributed by atoms with Crippen molar-refractivity contribution >= 4 is 16.9 Å². The molecule has 1 aliphatic heterocycles. The Balaban J connectivity index is 1.46. The average molecular weight is 224 g/mol. The highest BCUT2D eigenvalue weighted by Gasteiger charge is 2.36. The predicted molar refractivity (Wildman–Crippen MR) is 66.3 cm³/mol. The van der Waals surface area contributed by atoms with Crippen molar-refractivity contribution in [3.05, 3.63) is 0 Å². The van der Waals surface area contributed by atoms with Crippen LogP contribution in [0.2, 0.25) is 0 Å². The van der Waals surface area contributed by atoms with Gasteiger partial charge in [0.25, 0.3) is 0 Å². The zero-order valence-electron chi connectivity index (χ0n) is 9.41. The molecule has 2 saturated carbocycles. The van der Waals surface area contributed by atoms with Gasteiger partial charge in [0.1, 0.15) is 0 Å². The molecule has 2 aliphatic carbocycles. The van der Waals surface area contributed by atoms with Crippen molar-refractivity contribution in [2.24, 2.45) is 16.8 Å². The summed E-state index contributed by atoms with van der Waals surface area (Å²) in [5.74, 6) is 1.89. The van der Waals surface area contributed by atoms with E-state index in [1.54, 1.807) is 0 Å². The van der Waals surface area contributed by atoms with Crippen LogP contribution in [0.15, 0.2) is 4.99 Å². The van der Waals surface area contributed by atoms with E-state index in [-0.39, 0.29) is 0 Å². The Hall–Kier alpha value is -0.180. The van der Waals surface area contributed by atoms with Crippen LogP contribution in [0.25, 0.3) is 0 Å². The van der Waals surface area contributed by atoms with Crippen LogP contribution in [-0.2, 0) is 0 Å². The molecule has 84 valence electrons. The first kappa shape index (κ1) is 10.0. The van der Waals surface area contributed by atoms with Crippen LogP contribution in [-0.4, -0.2) is 23.0 Å². The zero-order valence-corrected chi connectivity index (χ0v) is 10.2. The summed E-state index contributed by atoms with van der Waals surface area (Å²) in [6.45, 7) is 3.38. The van der Waals surface area contributed by atoms with E-state index in [4.69, 9.17) is 0 Å². The van der Waals surface area contributed by atoms with Gasteiger partial charge in [0, 0.05) is 11.3 Å². The van der Waals surface area contributed by atoms with Crippen molar-refractivity contribution in [3.8, 4) is 0 Å². The molecule has 2 fully saturated rings.